The third kappa shape index (κ3) is 5.19. The predicted molar refractivity (Wildman–Crippen MR) is 120 cm³/mol. The van der Waals surface area contributed by atoms with Gasteiger partial charge in [0.2, 0.25) is 0 Å². The molecule has 1 aliphatic heterocycles. The maximum Gasteiger partial charge on any atom is 0.419 e. The van der Waals surface area contributed by atoms with Crippen molar-refractivity contribution >= 4 is 27.3 Å². The number of nitrogens with one attached hydrogen (secondary N) is 1. The van der Waals surface area contributed by atoms with E-state index in [1.807, 2.05) is 11.8 Å². The van der Waals surface area contributed by atoms with Gasteiger partial charge in [-0.25, -0.2) is 18.4 Å². The molecular weight excluding hydrogens is 455 g/mol. The van der Waals surface area contributed by atoms with Crippen LogP contribution in [-0.4, -0.2) is 44.6 Å². The first-order chi connectivity index (χ1) is 15.6. The van der Waals surface area contributed by atoms with Crippen LogP contribution in [-0.2, 0) is 16.2 Å². The van der Waals surface area contributed by atoms with Gasteiger partial charge in [-0.15, -0.1) is 0 Å². The molecule has 3 aromatic rings. The number of aryl methyl sites for hydroxylation is 1. The molecule has 4 rings (SSSR count). The van der Waals surface area contributed by atoms with E-state index < -0.39 is 21.8 Å². The normalized spacial score (nSPS) is 14.9. The highest BCUT2D eigenvalue weighted by molar-refractivity contribution is 7.92. The van der Waals surface area contributed by atoms with E-state index in [4.69, 9.17) is 0 Å². The molecule has 0 spiro atoms. The number of rotatable bonds is 5. The maximum atomic E-state index is 13.3. The van der Waals surface area contributed by atoms with Crippen molar-refractivity contribution in [1.82, 2.24) is 9.97 Å². The average Bonchev–Trinajstić information content (AvgIpc) is 2.79. The van der Waals surface area contributed by atoms with E-state index in [2.05, 4.69) is 14.7 Å². The monoisotopic (exact) mass is 477 g/mol. The van der Waals surface area contributed by atoms with Gasteiger partial charge in [0.1, 0.15) is 11.6 Å². The fourth-order valence-electron chi connectivity index (χ4n) is 3.58. The van der Waals surface area contributed by atoms with E-state index in [9.17, 15) is 21.6 Å². The Labute approximate surface area is 189 Å². The highest BCUT2D eigenvalue weighted by atomic mass is 32.2. The second-order valence-electron chi connectivity index (χ2n) is 7.67. The van der Waals surface area contributed by atoms with Gasteiger partial charge in [-0.2, -0.15) is 13.2 Å². The van der Waals surface area contributed by atoms with Crippen LogP contribution in [0.2, 0.25) is 0 Å². The molecule has 0 bridgehead atoms. The first-order valence-electron chi connectivity index (χ1n) is 10.2. The molecule has 0 amide bonds. The Bertz CT molecular complexity index is 1210. The highest BCUT2D eigenvalue weighted by Crippen LogP contribution is 2.35. The van der Waals surface area contributed by atoms with Gasteiger partial charge in [0.25, 0.3) is 10.0 Å². The zero-order valence-corrected chi connectivity index (χ0v) is 18.6. The molecule has 1 fully saturated rings. The number of sulfonamides is 1. The lowest BCUT2D eigenvalue weighted by atomic mass is 10.2. The van der Waals surface area contributed by atoms with E-state index in [0.29, 0.717) is 37.7 Å². The van der Waals surface area contributed by atoms with Crippen LogP contribution in [0.3, 0.4) is 0 Å². The van der Waals surface area contributed by atoms with E-state index in [-0.39, 0.29) is 10.7 Å². The lowest BCUT2D eigenvalue weighted by Gasteiger charge is -2.36. The molecule has 0 unspecified atom stereocenters. The molecule has 0 saturated carbocycles. The van der Waals surface area contributed by atoms with Gasteiger partial charge in [0.15, 0.2) is 0 Å². The van der Waals surface area contributed by atoms with Crippen LogP contribution in [0.5, 0.6) is 0 Å². The number of nitrogens with zero attached hydrogens (tertiary/aromatic N) is 4. The molecule has 1 N–H and O–H groups in total. The van der Waals surface area contributed by atoms with Gasteiger partial charge < -0.3 is 9.80 Å². The molecule has 1 saturated heterocycles. The number of piperazine rings is 1. The highest BCUT2D eigenvalue weighted by Gasteiger charge is 2.36. The summed E-state index contributed by atoms with van der Waals surface area (Å²) in [5.74, 6) is 0.545. The Morgan fingerprint density at radius 1 is 0.909 bits per heavy atom. The summed E-state index contributed by atoms with van der Waals surface area (Å²) in [7, 11) is -3.73. The minimum Gasteiger partial charge on any atom is -0.353 e. The number of alkyl halides is 3. The Kier molecular flexibility index (Phi) is 6.15. The van der Waals surface area contributed by atoms with Crippen LogP contribution < -0.4 is 14.5 Å². The largest absolute Gasteiger partial charge is 0.419 e. The lowest BCUT2D eigenvalue weighted by Crippen LogP contribution is -2.47. The predicted octanol–water partition coefficient (Wildman–Crippen LogP) is 3.93. The number of aromatic nitrogens is 2. The smallest absolute Gasteiger partial charge is 0.353 e. The Hall–Kier alpha value is -3.34. The Morgan fingerprint density at radius 3 is 2.18 bits per heavy atom. The number of hydrogen-bond donors (Lipinski definition) is 1. The fraction of sp³-hybridized carbons (Fsp3) is 0.273. The number of halogens is 3. The molecule has 3 heterocycles. The van der Waals surface area contributed by atoms with Crippen LogP contribution in [0.4, 0.5) is 30.5 Å². The Balaban J connectivity index is 1.41. The molecule has 7 nitrogen and oxygen atoms in total. The van der Waals surface area contributed by atoms with Crippen molar-refractivity contribution in [2.75, 3.05) is 40.7 Å². The molecular formula is C22H22F3N5O2S. The van der Waals surface area contributed by atoms with E-state index in [1.165, 1.54) is 30.6 Å². The van der Waals surface area contributed by atoms with Crippen LogP contribution >= 0.6 is 0 Å². The van der Waals surface area contributed by atoms with E-state index >= 15 is 0 Å². The summed E-state index contributed by atoms with van der Waals surface area (Å²) in [6, 6.07) is 12.1. The van der Waals surface area contributed by atoms with Gasteiger partial charge in [-0.1, -0.05) is 17.7 Å². The van der Waals surface area contributed by atoms with E-state index in [0.717, 1.165) is 11.6 Å². The quantitative estimate of drug-likeness (QED) is 0.600. The minimum atomic E-state index is -4.47. The van der Waals surface area contributed by atoms with Gasteiger partial charge in [0, 0.05) is 32.4 Å². The number of benzene rings is 1. The van der Waals surface area contributed by atoms with Gasteiger partial charge in [0.05, 0.1) is 22.3 Å². The molecule has 1 aromatic carbocycles. The third-order valence-electron chi connectivity index (χ3n) is 5.33. The number of anilines is 3. The van der Waals surface area contributed by atoms with Crippen molar-refractivity contribution in [2.24, 2.45) is 0 Å². The third-order valence-corrected chi connectivity index (χ3v) is 6.72. The van der Waals surface area contributed by atoms with Crippen molar-refractivity contribution < 1.29 is 21.6 Å². The molecule has 174 valence electrons. The first-order valence-corrected chi connectivity index (χ1v) is 11.7. The summed E-state index contributed by atoms with van der Waals surface area (Å²) in [5, 5.41) is 0. The molecule has 0 atom stereocenters. The van der Waals surface area contributed by atoms with E-state index in [1.54, 1.807) is 29.2 Å². The zero-order chi connectivity index (χ0) is 23.6. The Morgan fingerprint density at radius 2 is 1.58 bits per heavy atom. The molecule has 11 heteroatoms. The summed E-state index contributed by atoms with van der Waals surface area (Å²) >= 11 is 0. The molecule has 33 heavy (non-hydrogen) atoms. The SMILES string of the molecule is Cc1ccc(S(=O)(=O)Nc2ccc(N3CCN(c4ncccc4C(F)(F)F)CC3)nc2)cc1. The molecule has 2 aromatic heterocycles. The standard InChI is InChI=1S/C22H22F3N5O2S/c1-16-4-7-18(8-5-16)33(31,32)28-17-6-9-20(27-15-17)29-11-13-30(14-12-29)21-19(22(23,24)25)3-2-10-26-21/h2-10,15,28H,11-14H2,1H3. The minimum absolute atomic E-state index is 0.0709. The van der Waals surface area contributed by atoms with Crippen molar-refractivity contribution in [3.63, 3.8) is 0 Å². The summed E-state index contributed by atoms with van der Waals surface area (Å²) in [5.41, 5.74) is 0.529. The van der Waals surface area contributed by atoms with Crippen LogP contribution in [0.25, 0.3) is 0 Å². The first kappa shape index (κ1) is 22.8. The molecule has 1 aliphatic rings. The summed E-state index contributed by atoms with van der Waals surface area (Å²) < 4.78 is 67.4. The molecule has 0 radical (unpaired) electrons. The van der Waals surface area contributed by atoms with Crippen LogP contribution in [0.1, 0.15) is 11.1 Å². The molecule has 0 aliphatic carbocycles. The van der Waals surface area contributed by atoms with Crippen molar-refractivity contribution in [3.05, 3.63) is 72.1 Å². The van der Waals surface area contributed by atoms with Crippen LogP contribution in [0, 0.1) is 6.92 Å². The number of hydrogen-bond acceptors (Lipinski definition) is 6. The lowest BCUT2D eigenvalue weighted by molar-refractivity contribution is -0.137. The summed E-state index contributed by atoms with van der Waals surface area (Å²) in [6.07, 6.45) is -1.69. The van der Waals surface area contributed by atoms with Crippen molar-refractivity contribution in [1.29, 1.82) is 0 Å². The van der Waals surface area contributed by atoms with Crippen LogP contribution in [0.15, 0.2) is 65.8 Å². The van der Waals surface area contributed by atoms with Gasteiger partial charge in [-0.05, 0) is 43.3 Å². The zero-order valence-electron chi connectivity index (χ0n) is 17.7. The van der Waals surface area contributed by atoms with Gasteiger partial charge in [-0.3, -0.25) is 4.72 Å². The van der Waals surface area contributed by atoms with Crippen molar-refractivity contribution in [3.8, 4) is 0 Å². The average molecular weight is 478 g/mol. The van der Waals surface area contributed by atoms with Gasteiger partial charge >= 0.3 is 6.18 Å². The topological polar surface area (TPSA) is 78.4 Å². The summed E-state index contributed by atoms with van der Waals surface area (Å²) in [4.78, 5) is 12.0. The summed E-state index contributed by atoms with van der Waals surface area (Å²) in [6.45, 7) is 3.48. The number of pyridine rings is 2. The van der Waals surface area contributed by atoms with Crippen molar-refractivity contribution in [2.45, 2.75) is 18.0 Å². The second kappa shape index (κ2) is 8.89. The maximum absolute atomic E-state index is 13.3. The fourth-order valence-corrected chi connectivity index (χ4v) is 4.63. The second-order valence-corrected chi connectivity index (χ2v) is 9.35.